The highest BCUT2D eigenvalue weighted by Crippen LogP contribution is 2.34. The van der Waals surface area contributed by atoms with E-state index in [1.54, 1.807) is 13.3 Å². The SMILES string of the molecule is COc1cccc(C(=O)N2CCC[C@@H](Cc3cccc4ncccc34)C2)c1OCc1ccccn1. The summed E-state index contributed by atoms with van der Waals surface area (Å²) in [6, 6.07) is 21.6. The van der Waals surface area contributed by atoms with Crippen molar-refractivity contribution in [1.82, 2.24) is 14.9 Å². The van der Waals surface area contributed by atoms with Crippen molar-refractivity contribution < 1.29 is 14.3 Å². The van der Waals surface area contributed by atoms with Crippen LogP contribution >= 0.6 is 0 Å². The fourth-order valence-corrected chi connectivity index (χ4v) is 4.87. The van der Waals surface area contributed by atoms with Crippen LogP contribution in [-0.4, -0.2) is 41.0 Å². The Hall–Kier alpha value is -3.93. The van der Waals surface area contributed by atoms with Crippen molar-refractivity contribution in [1.29, 1.82) is 0 Å². The van der Waals surface area contributed by atoms with E-state index in [1.807, 2.05) is 59.6 Å². The summed E-state index contributed by atoms with van der Waals surface area (Å²) in [6.45, 7) is 1.72. The van der Waals surface area contributed by atoms with Crippen molar-refractivity contribution in [2.24, 2.45) is 5.92 Å². The minimum atomic E-state index is -0.0239. The number of ether oxygens (including phenoxy) is 2. The van der Waals surface area contributed by atoms with E-state index in [1.165, 1.54) is 10.9 Å². The number of hydrogen-bond donors (Lipinski definition) is 0. The Morgan fingerprint density at radius 2 is 1.89 bits per heavy atom. The molecule has 0 unspecified atom stereocenters. The molecule has 1 saturated heterocycles. The average molecular weight is 468 g/mol. The van der Waals surface area contributed by atoms with E-state index in [0.717, 1.165) is 37.0 Å². The Labute approximate surface area is 205 Å². The van der Waals surface area contributed by atoms with E-state index in [9.17, 15) is 4.79 Å². The van der Waals surface area contributed by atoms with Crippen LogP contribution in [0.2, 0.25) is 0 Å². The molecule has 5 rings (SSSR count). The first kappa shape index (κ1) is 22.8. The van der Waals surface area contributed by atoms with Gasteiger partial charge in [-0.05, 0) is 67.1 Å². The molecule has 0 spiro atoms. The summed E-state index contributed by atoms with van der Waals surface area (Å²) < 4.78 is 11.6. The maximum Gasteiger partial charge on any atom is 0.257 e. The third-order valence-corrected chi connectivity index (χ3v) is 6.57. The molecular formula is C29H29N3O3. The lowest BCUT2D eigenvalue weighted by Gasteiger charge is -2.33. The standard InChI is InChI=1S/C29H29N3O3/c1-34-27-14-5-11-25(28(27)35-20-23-10-2-3-15-30-23)29(33)32-17-7-8-21(19-32)18-22-9-4-13-26-24(22)12-6-16-31-26/h2-6,9-16,21H,7-8,17-20H2,1H3/t21-/m0/s1. The summed E-state index contributed by atoms with van der Waals surface area (Å²) in [5.74, 6) is 1.38. The molecule has 178 valence electrons. The Kier molecular flexibility index (Phi) is 6.89. The van der Waals surface area contributed by atoms with Gasteiger partial charge >= 0.3 is 0 Å². The largest absolute Gasteiger partial charge is 0.493 e. The molecule has 1 amide bonds. The Morgan fingerprint density at radius 3 is 2.74 bits per heavy atom. The van der Waals surface area contributed by atoms with E-state index in [-0.39, 0.29) is 12.5 Å². The molecule has 0 bridgehead atoms. The smallest absolute Gasteiger partial charge is 0.257 e. The first-order chi connectivity index (χ1) is 17.2. The van der Waals surface area contributed by atoms with Gasteiger partial charge in [0.1, 0.15) is 6.61 Å². The number of fused-ring (bicyclic) bond motifs is 1. The summed E-state index contributed by atoms with van der Waals surface area (Å²) in [4.78, 5) is 24.4. The summed E-state index contributed by atoms with van der Waals surface area (Å²) in [5.41, 5.74) is 3.62. The van der Waals surface area contributed by atoms with E-state index >= 15 is 0 Å². The molecule has 6 nitrogen and oxygen atoms in total. The van der Waals surface area contributed by atoms with Gasteiger partial charge < -0.3 is 14.4 Å². The number of pyridine rings is 2. The van der Waals surface area contributed by atoms with Crippen LogP contribution in [-0.2, 0) is 13.0 Å². The number of amides is 1. The van der Waals surface area contributed by atoms with E-state index < -0.39 is 0 Å². The van der Waals surface area contributed by atoms with Gasteiger partial charge in [0.2, 0.25) is 0 Å². The lowest BCUT2D eigenvalue weighted by atomic mass is 9.89. The second kappa shape index (κ2) is 10.6. The molecule has 0 N–H and O–H groups in total. The molecule has 2 aromatic carbocycles. The van der Waals surface area contributed by atoms with Crippen molar-refractivity contribution in [2.45, 2.75) is 25.9 Å². The highest BCUT2D eigenvalue weighted by molar-refractivity contribution is 5.98. The van der Waals surface area contributed by atoms with Gasteiger partial charge in [-0.25, -0.2) is 0 Å². The summed E-state index contributed by atoms with van der Waals surface area (Å²) in [7, 11) is 1.59. The number of piperidine rings is 1. The molecule has 0 saturated carbocycles. The van der Waals surface area contributed by atoms with Crippen LogP contribution in [0.1, 0.15) is 34.5 Å². The molecule has 0 aliphatic carbocycles. The predicted octanol–water partition coefficient (Wildman–Crippen LogP) is 5.31. The Morgan fingerprint density at radius 1 is 1.00 bits per heavy atom. The minimum absolute atomic E-state index is 0.0239. The van der Waals surface area contributed by atoms with Crippen molar-refractivity contribution in [3.63, 3.8) is 0 Å². The molecular weight excluding hydrogens is 438 g/mol. The zero-order valence-electron chi connectivity index (χ0n) is 19.9. The maximum atomic E-state index is 13.7. The second-order valence-electron chi connectivity index (χ2n) is 8.90. The van der Waals surface area contributed by atoms with Gasteiger partial charge in [-0.2, -0.15) is 0 Å². The lowest BCUT2D eigenvalue weighted by molar-refractivity contribution is 0.0668. The first-order valence-electron chi connectivity index (χ1n) is 12.0. The molecule has 2 aromatic heterocycles. The summed E-state index contributed by atoms with van der Waals surface area (Å²) >= 11 is 0. The highest BCUT2D eigenvalue weighted by Gasteiger charge is 2.28. The third kappa shape index (κ3) is 5.11. The van der Waals surface area contributed by atoms with Gasteiger partial charge in [-0.1, -0.05) is 30.3 Å². The van der Waals surface area contributed by atoms with Crippen LogP contribution in [0.25, 0.3) is 10.9 Å². The van der Waals surface area contributed by atoms with Crippen molar-refractivity contribution in [2.75, 3.05) is 20.2 Å². The van der Waals surface area contributed by atoms with Crippen molar-refractivity contribution in [3.8, 4) is 11.5 Å². The third-order valence-electron chi connectivity index (χ3n) is 6.57. The topological polar surface area (TPSA) is 64.5 Å². The van der Waals surface area contributed by atoms with Gasteiger partial charge in [-0.3, -0.25) is 14.8 Å². The average Bonchev–Trinajstić information content (AvgIpc) is 2.92. The molecule has 1 aliphatic rings. The number of rotatable bonds is 7. The normalized spacial score (nSPS) is 15.7. The lowest BCUT2D eigenvalue weighted by Crippen LogP contribution is -2.40. The van der Waals surface area contributed by atoms with Gasteiger partial charge in [0.15, 0.2) is 11.5 Å². The highest BCUT2D eigenvalue weighted by atomic mass is 16.5. The zero-order chi connectivity index (χ0) is 24.0. The van der Waals surface area contributed by atoms with Gasteiger partial charge in [0.05, 0.1) is 23.9 Å². The summed E-state index contributed by atoms with van der Waals surface area (Å²) in [5, 5.41) is 1.19. The van der Waals surface area contributed by atoms with Crippen LogP contribution in [0.15, 0.2) is 79.1 Å². The molecule has 0 radical (unpaired) electrons. The van der Waals surface area contributed by atoms with E-state index in [0.29, 0.717) is 29.5 Å². The van der Waals surface area contributed by atoms with E-state index in [4.69, 9.17) is 9.47 Å². The fourth-order valence-electron chi connectivity index (χ4n) is 4.87. The number of likely N-dealkylation sites (tertiary alicyclic amines) is 1. The van der Waals surface area contributed by atoms with Crippen molar-refractivity contribution in [3.05, 3.63) is 95.9 Å². The van der Waals surface area contributed by atoms with Crippen molar-refractivity contribution >= 4 is 16.8 Å². The van der Waals surface area contributed by atoms with Crippen LogP contribution in [0.3, 0.4) is 0 Å². The van der Waals surface area contributed by atoms with Gasteiger partial charge in [0, 0.05) is 30.9 Å². The van der Waals surface area contributed by atoms with Crippen LogP contribution in [0.4, 0.5) is 0 Å². The summed E-state index contributed by atoms with van der Waals surface area (Å²) in [6.07, 6.45) is 6.56. The molecule has 6 heteroatoms. The van der Waals surface area contributed by atoms with Crippen LogP contribution in [0, 0.1) is 5.92 Å². The number of methoxy groups -OCH3 is 1. The van der Waals surface area contributed by atoms with Gasteiger partial charge in [0.25, 0.3) is 5.91 Å². The van der Waals surface area contributed by atoms with Gasteiger partial charge in [-0.15, -0.1) is 0 Å². The Balaban J connectivity index is 1.34. The predicted molar refractivity (Wildman–Crippen MR) is 136 cm³/mol. The molecule has 1 atom stereocenters. The minimum Gasteiger partial charge on any atom is -0.493 e. The number of hydrogen-bond acceptors (Lipinski definition) is 5. The fraction of sp³-hybridized carbons (Fsp3) is 0.276. The molecule has 1 fully saturated rings. The van der Waals surface area contributed by atoms with E-state index in [2.05, 4.69) is 28.2 Å². The zero-order valence-corrected chi connectivity index (χ0v) is 19.9. The van der Waals surface area contributed by atoms with Crippen LogP contribution in [0.5, 0.6) is 11.5 Å². The number of carbonyl (C=O) groups is 1. The molecule has 35 heavy (non-hydrogen) atoms. The number of aromatic nitrogens is 2. The second-order valence-corrected chi connectivity index (χ2v) is 8.90. The first-order valence-corrected chi connectivity index (χ1v) is 12.0. The quantitative estimate of drug-likeness (QED) is 0.368. The maximum absolute atomic E-state index is 13.7. The number of benzene rings is 2. The number of nitrogens with zero attached hydrogens (tertiary/aromatic N) is 3. The molecule has 4 aromatic rings. The number of para-hydroxylation sites is 1. The molecule has 3 heterocycles. The molecule has 1 aliphatic heterocycles. The number of carbonyl (C=O) groups excluding carboxylic acids is 1. The monoisotopic (exact) mass is 467 g/mol. The Bertz CT molecular complexity index is 1300. The van der Waals surface area contributed by atoms with Crippen LogP contribution < -0.4 is 9.47 Å².